The summed E-state index contributed by atoms with van der Waals surface area (Å²) in [5.41, 5.74) is 5.04. The molecule has 2 fully saturated rings. The lowest BCUT2D eigenvalue weighted by atomic mass is 9.99. The van der Waals surface area contributed by atoms with Crippen LogP contribution >= 0.6 is 11.8 Å². The molecular formula is C12H20N2O3S. The molecule has 2 heterocycles. The lowest BCUT2D eigenvalue weighted by Gasteiger charge is -2.37. The van der Waals surface area contributed by atoms with Crippen molar-refractivity contribution in [3.8, 4) is 0 Å². The zero-order valence-electron chi connectivity index (χ0n) is 10.4. The van der Waals surface area contributed by atoms with Gasteiger partial charge in [0.15, 0.2) is 0 Å². The normalized spacial score (nSPS) is 30.5. The van der Waals surface area contributed by atoms with Crippen LogP contribution < -0.4 is 5.73 Å². The van der Waals surface area contributed by atoms with Crippen molar-refractivity contribution < 1.29 is 14.7 Å². The van der Waals surface area contributed by atoms with E-state index in [1.807, 2.05) is 4.90 Å². The summed E-state index contributed by atoms with van der Waals surface area (Å²) >= 11 is 1.41. The molecule has 0 aromatic rings. The second kappa shape index (κ2) is 5.93. The number of aliphatic hydroxyl groups is 1. The van der Waals surface area contributed by atoms with Crippen molar-refractivity contribution in [2.24, 2.45) is 5.73 Å². The van der Waals surface area contributed by atoms with E-state index in [2.05, 4.69) is 0 Å². The van der Waals surface area contributed by atoms with Gasteiger partial charge in [-0.1, -0.05) is 0 Å². The van der Waals surface area contributed by atoms with Crippen LogP contribution in [0.15, 0.2) is 0 Å². The molecule has 6 heteroatoms. The molecule has 5 nitrogen and oxygen atoms in total. The summed E-state index contributed by atoms with van der Waals surface area (Å²) in [7, 11) is 0. The molecule has 2 atom stereocenters. The van der Waals surface area contributed by atoms with Crippen LogP contribution in [0, 0.1) is 0 Å². The first-order valence-corrected chi connectivity index (χ1v) is 7.58. The van der Waals surface area contributed by atoms with E-state index in [-0.39, 0.29) is 35.8 Å². The summed E-state index contributed by atoms with van der Waals surface area (Å²) < 4.78 is 0. The zero-order chi connectivity index (χ0) is 13.1. The summed E-state index contributed by atoms with van der Waals surface area (Å²) in [6.07, 6.45) is 3.69. The Morgan fingerprint density at radius 2 is 1.89 bits per heavy atom. The van der Waals surface area contributed by atoms with Gasteiger partial charge in [0.1, 0.15) is 0 Å². The number of nitrogens with zero attached hydrogens (tertiary/aromatic N) is 1. The first kappa shape index (κ1) is 13.7. The monoisotopic (exact) mass is 272 g/mol. The third kappa shape index (κ3) is 3.17. The number of fused-ring (bicyclic) bond motifs is 2. The quantitative estimate of drug-likeness (QED) is 0.696. The highest BCUT2D eigenvalue weighted by atomic mass is 32.2. The fraction of sp³-hybridized carbons (Fsp3) is 0.833. The van der Waals surface area contributed by atoms with Gasteiger partial charge in [-0.25, -0.2) is 0 Å². The predicted octanol–water partition coefficient (Wildman–Crippen LogP) is 0.109. The number of carbonyl (C=O) groups excluding carboxylic acids is 2. The Morgan fingerprint density at radius 1 is 1.28 bits per heavy atom. The van der Waals surface area contributed by atoms with Crippen LogP contribution in [-0.2, 0) is 9.59 Å². The number of aliphatic hydroxyl groups excluding tert-OH is 1. The summed E-state index contributed by atoms with van der Waals surface area (Å²) in [5.74, 6) is 0.735. The molecule has 18 heavy (non-hydrogen) atoms. The molecule has 2 saturated heterocycles. The number of rotatable bonds is 5. The Bertz CT molecular complexity index is 323. The van der Waals surface area contributed by atoms with E-state index in [1.165, 1.54) is 11.8 Å². The van der Waals surface area contributed by atoms with Gasteiger partial charge >= 0.3 is 0 Å². The maximum atomic E-state index is 12.1. The van der Waals surface area contributed by atoms with Gasteiger partial charge < -0.3 is 15.7 Å². The Morgan fingerprint density at radius 3 is 2.44 bits per heavy atom. The van der Waals surface area contributed by atoms with E-state index in [4.69, 9.17) is 5.73 Å². The van der Waals surface area contributed by atoms with Gasteiger partial charge in [-0.3, -0.25) is 9.59 Å². The Hall–Kier alpha value is -0.750. The Labute approximate surface area is 111 Å². The topological polar surface area (TPSA) is 83.6 Å². The van der Waals surface area contributed by atoms with E-state index >= 15 is 0 Å². The lowest BCUT2D eigenvalue weighted by Crippen LogP contribution is -2.48. The summed E-state index contributed by atoms with van der Waals surface area (Å²) in [4.78, 5) is 24.7. The van der Waals surface area contributed by atoms with Gasteiger partial charge in [0.2, 0.25) is 11.8 Å². The van der Waals surface area contributed by atoms with Crippen molar-refractivity contribution in [1.29, 1.82) is 0 Å². The highest BCUT2D eigenvalue weighted by Crippen LogP contribution is 2.36. The van der Waals surface area contributed by atoms with Gasteiger partial charge in [0, 0.05) is 24.3 Å². The number of piperidine rings is 1. The SMILES string of the molecule is NC(=O)CSCCC(=O)N1C2CCC1CC(O)C2. The minimum atomic E-state index is -0.339. The molecule has 0 aromatic heterocycles. The number of hydrogen-bond acceptors (Lipinski definition) is 4. The average Bonchev–Trinajstić information content (AvgIpc) is 2.57. The second-order valence-electron chi connectivity index (χ2n) is 5.08. The highest BCUT2D eigenvalue weighted by molar-refractivity contribution is 7.99. The molecule has 2 amide bonds. The van der Waals surface area contributed by atoms with E-state index in [1.54, 1.807) is 0 Å². The first-order chi connectivity index (χ1) is 8.58. The number of amides is 2. The molecule has 2 unspecified atom stereocenters. The summed E-state index contributed by atoms with van der Waals surface area (Å²) in [6.45, 7) is 0. The number of primary amides is 1. The number of nitrogens with two attached hydrogens (primary N) is 1. The number of hydrogen-bond donors (Lipinski definition) is 2. The van der Waals surface area contributed by atoms with Crippen molar-refractivity contribution in [3.05, 3.63) is 0 Å². The number of carbonyl (C=O) groups is 2. The van der Waals surface area contributed by atoms with Crippen molar-refractivity contribution >= 4 is 23.6 Å². The van der Waals surface area contributed by atoms with Crippen LogP contribution in [0.25, 0.3) is 0 Å². The molecule has 0 aromatic carbocycles. The molecule has 3 N–H and O–H groups in total. The van der Waals surface area contributed by atoms with Crippen molar-refractivity contribution in [2.75, 3.05) is 11.5 Å². The molecular weight excluding hydrogens is 252 g/mol. The van der Waals surface area contributed by atoms with Gasteiger partial charge in [0.05, 0.1) is 11.9 Å². The van der Waals surface area contributed by atoms with Gasteiger partial charge in [0.25, 0.3) is 0 Å². The smallest absolute Gasteiger partial charge is 0.227 e. The van der Waals surface area contributed by atoms with Crippen LogP contribution in [0.1, 0.15) is 32.1 Å². The fourth-order valence-corrected chi connectivity index (χ4v) is 3.68. The molecule has 0 saturated carbocycles. The molecule has 2 bridgehead atoms. The third-order valence-electron chi connectivity index (χ3n) is 3.70. The van der Waals surface area contributed by atoms with Crippen LogP contribution in [0.2, 0.25) is 0 Å². The highest BCUT2D eigenvalue weighted by Gasteiger charge is 2.42. The van der Waals surface area contributed by atoms with Crippen molar-refractivity contribution in [2.45, 2.75) is 50.3 Å². The number of thioether (sulfide) groups is 1. The van der Waals surface area contributed by atoms with E-state index < -0.39 is 0 Å². The predicted molar refractivity (Wildman–Crippen MR) is 70.0 cm³/mol. The standard InChI is InChI=1S/C12H20N2O3S/c13-11(16)7-18-4-3-12(17)14-8-1-2-9(14)6-10(15)5-8/h8-10,15H,1-7H2,(H2,13,16). The van der Waals surface area contributed by atoms with E-state index in [9.17, 15) is 14.7 Å². The lowest BCUT2D eigenvalue weighted by molar-refractivity contribution is -0.136. The second-order valence-corrected chi connectivity index (χ2v) is 6.19. The molecule has 0 radical (unpaired) electrons. The van der Waals surface area contributed by atoms with Gasteiger partial charge in [-0.15, -0.1) is 0 Å². The Balaban J connectivity index is 1.78. The maximum Gasteiger partial charge on any atom is 0.227 e. The van der Waals surface area contributed by atoms with Crippen LogP contribution in [0.4, 0.5) is 0 Å². The molecule has 2 rings (SSSR count). The van der Waals surface area contributed by atoms with Crippen LogP contribution in [0.3, 0.4) is 0 Å². The molecule has 0 aliphatic carbocycles. The van der Waals surface area contributed by atoms with Crippen molar-refractivity contribution in [1.82, 2.24) is 4.90 Å². The Kier molecular flexibility index (Phi) is 4.50. The summed E-state index contributed by atoms with van der Waals surface area (Å²) in [5, 5.41) is 9.67. The summed E-state index contributed by atoms with van der Waals surface area (Å²) in [6, 6.07) is 0.458. The fourth-order valence-electron chi connectivity index (χ4n) is 3.02. The third-order valence-corrected chi connectivity index (χ3v) is 4.68. The minimum absolute atomic E-state index is 0.159. The van der Waals surface area contributed by atoms with Gasteiger partial charge in [-0.2, -0.15) is 11.8 Å². The molecule has 2 aliphatic rings. The molecule has 102 valence electrons. The largest absolute Gasteiger partial charge is 0.393 e. The zero-order valence-corrected chi connectivity index (χ0v) is 11.2. The average molecular weight is 272 g/mol. The minimum Gasteiger partial charge on any atom is -0.393 e. The van der Waals surface area contributed by atoms with Crippen molar-refractivity contribution in [3.63, 3.8) is 0 Å². The first-order valence-electron chi connectivity index (χ1n) is 6.43. The van der Waals surface area contributed by atoms with Crippen LogP contribution in [-0.4, -0.2) is 51.5 Å². The molecule has 0 spiro atoms. The molecule has 2 aliphatic heterocycles. The van der Waals surface area contributed by atoms with Crippen LogP contribution in [0.5, 0.6) is 0 Å². The van der Waals surface area contributed by atoms with E-state index in [0.29, 0.717) is 12.2 Å². The maximum absolute atomic E-state index is 12.1. The van der Waals surface area contributed by atoms with Gasteiger partial charge in [-0.05, 0) is 25.7 Å². The van der Waals surface area contributed by atoms with E-state index in [0.717, 1.165) is 25.7 Å².